The molecule has 1 aromatic carbocycles. The Bertz CT molecular complexity index is 987. The van der Waals surface area contributed by atoms with Gasteiger partial charge in [-0.15, -0.1) is 0 Å². The van der Waals surface area contributed by atoms with Gasteiger partial charge >= 0.3 is 0 Å². The van der Waals surface area contributed by atoms with Crippen LogP contribution >= 0.6 is 0 Å². The van der Waals surface area contributed by atoms with Crippen LogP contribution in [0.3, 0.4) is 0 Å². The van der Waals surface area contributed by atoms with Crippen LogP contribution in [0.2, 0.25) is 0 Å². The smallest absolute Gasteiger partial charge is 0.272 e. The molecule has 26 heavy (non-hydrogen) atoms. The number of nitrogens with zero attached hydrogens (tertiary/aromatic N) is 2. The van der Waals surface area contributed by atoms with Gasteiger partial charge in [0.1, 0.15) is 0 Å². The van der Waals surface area contributed by atoms with Gasteiger partial charge in [0.2, 0.25) is 0 Å². The second-order valence-corrected chi connectivity index (χ2v) is 6.38. The maximum Gasteiger partial charge on any atom is 0.272 e. The van der Waals surface area contributed by atoms with Crippen LogP contribution < -0.4 is 10.9 Å². The van der Waals surface area contributed by atoms with Gasteiger partial charge in [-0.25, -0.2) is 5.10 Å². The van der Waals surface area contributed by atoms with Crippen LogP contribution in [0, 0.1) is 5.92 Å². The van der Waals surface area contributed by atoms with Crippen molar-refractivity contribution in [3.63, 3.8) is 0 Å². The lowest BCUT2D eigenvalue weighted by molar-refractivity contribution is 0.0921. The van der Waals surface area contributed by atoms with Crippen LogP contribution in [0.1, 0.15) is 16.1 Å². The van der Waals surface area contributed by atoms with Gasteiger partial charge in [0.15, 0.2) is 5.69 Å². The molecule has 7 heteroatoms. The van der Waals surface area contributed by atoms with E-state index in [1.54, 1.807) is 36.7 Å². The van der Waals surface area contributed by atoms with Gasteiger partial charge in [-0.05, 0) is 30.2 Å². The van der Waals surface area contributed by atoms with Gasteiger partial charge in [-0.1, -0.05) is 18.2 Å². The molecule has 3 heterocycles. The fourth-order valence-corrected chi connectivity index (χ4v) is 3.31. The number of pyridine rings is 1. The molecule has 1 aliphatic heterocycles. The Balaban J connectivity index is 1.54. The standard InChI is InChI=1S/C19H18N4O3/c24-18-15-4-2-1-3-14(15)17(22-23-18)19(25)21-16-11-26-10-13(16)9-12-5-7-20-8-6-12/h1-8,13,16H,9-11H2,(H,21,25)(H,23,24)/t13-,16-/m1/s1. The van der Waals surface area contributed by atoms with Gasteiger partial charge < -0.3 is 10.1 Å². The zero-order chi connectivity index (χ0) is 17.9. The van der Waals surface area contributed by atoms with Crippen LogP contribution in [-0.4, -0.2) is 40.3 Å². The van der Waals surface area contributed by atoms with Gasteiger partial charge in [-0.3, -0.25) is 14.6 Å². The quantitative estimate of drug-likeness (QED) is 0.739. The van der Waals surface area contributed by atoms with Crippen LogP contribution in [0.4, 0.5) is 0 Å². The van der Waals surface area contributed by atoms with Crippen molar-refractivity contribution >= 4 is 16.7 Å². The molecule has 0 bridgehead atoms. The highest BCUT2D eigenvalue weighted by atomic mass is 16.5. The van der Waals surface area contributed by atoms with Crippen LogP contribution in [0.25, 0.3) is 10.8 Å². The Morgan fingerprint density at radius 3 is 2.73 bits per heavy atom. The molecule has 4 rings (SSSR count). The van der Waals surface area contributed by atoms with Crippen LogP contribution in [-0.2, 0) is 11.2 Å². The summed E-state index contributed by atoms with van der Waals surface area (Å²) in [5.41, 5.74) is 1.06. The molecule has 0 spiro atoms. The predicted molar refractivity (Wildman–Crippen MR) is 95.9 cm³/mol. The SMILES string of the molecule is O=C(N[C@@H]1COC[C@H]1Cc1ccncc1)c1n[nH]c(=O)c2ccccc12. The molecule has 1 aliphatic rings. The second-order valence-electron chi connectivity index (χ2n) is 6.38. The number of aromatic nitrogens is 3. The van der Waals surface area contributed by atoms with E-state index in [0.29, 0.717) is 24.0 Å². The summed E-state index contributed by atoms with van der Waals surface area (Å²) in [5.74, 6) is -0.136. The van der Waals surface area contributed by atoms with Crippen LogP contribution in [0.15, 0.2) is 53.6 Å². The number of carbonyl (C=O) groups is 1. The molecule has 2 aromatic heterocycles. The van der Waals surface area contributed by atoms with Crippen molar-refractivity contribution in [3.8, 4) is 0 Å². The van der Waals surface area contributed by atoms with E-state index in [1.165, 1.54) is 0 Å². The number of fused-ring (bicyclic) bond motifs is 1. The first kappa shape index (κ1) is 16.4. The van der Waals surface area contributed by atoms with E-state index in [0.717, 1.165) is 12.0 Å². The average molecular weight is 350 g/mol. The van der Waals surface area contributed by atoms with E-state index in [4.69, 9.17) is 4.74 Å². The van der Waals surface area contributed by atoms with Crippen molar-refractivity contribution in [2.45, 2.75) is 12.5 Å². The van der Waals surface area contributed by atoms with Gasteiger partial charge in [-0.2, -0.15) is 5.10 Å². The number of aromatic amines is 1. The van der Waals surface area contributed by atoms with E-state index in [-0.39, 0.29) is 29.1 Å². The van der Waals surface area contributed by atoms with Crippen molar-refractivity contribution in [2.75, 3.05) is 13.2 Å². The Kier molecular flexibility index (Phi) is 4.45. The molecule has 2 atom stereocenters. The fourth-order valence-electron chi connectivity index (χ4n) is 3.31. The molecule has 2 N–H and O–H groups in total. The summed E-state index contributed by atoms with van der Waals surface area (Å²) >= 11 is 0. The number of benzene rings is 1. The summed E-state index contributed by atoms with van der Waals surface area (Å²) in [6.07, 6.45) is 4.32. The van der Waals surface area contributed by atoms with Crippen molar-refractivity contribution in [2.24, 2.45) is 5.92 Å². The Hall–Kier alpha value is -3.06. The third-order valence-electron chi connectivity index (χ3n) is 4.67. The largest absolute Gasteiger partial charge is 0.379 e. The number of ether oxygens (including phenoxy) is 1. The monoisotopic (exact) mass is 350 g/mol. The highest BCUT2D eigenvalue weighted by Gasteiger charge is 2.30. The number of hydrogen-bond acceptors (Lipinski definition) is 5. The average Bonchev–Trinajstić information content (AvgIpc) is 3.09. The summed E-state index contributed by atoms with van der Waals surface area (Å²) in [5, 5.41) is 10.4. The Morgan fingerprint density at radius 2 is 1.92 bits per heavy atom. The molecular weight excluding hydrogens is 332 g/mol. The fraction of sp³-hybridized carbons (Fsp3) is 0.263. The Morgan fingerprint density at radius 1 is 1.15 bits per heavy atom. The zero-order valence-corrected chi connectivity index (χ0v) is 14.0. The number of amides is 1. The highest BCUT2D eigenvalue weighted by Crippen LogP contribution is 2.20. The van der Waals surface area contributed by atoms with Gasteiger partial charge in [0, 0.05) is 23.7 Å². The molecule has 7 nitrogen and oxygen atoms in total. The Labute approximate surface area is 149 Å². The molecule has 1 fully saturated rings. The van der Waals surface area contributed by atoms with E-state index in [9.17, 15) is 9.59 Å². The molecule has 0 aliphatic carbocycles. The van der Waals surface area contributed by atoms with Crippen molar-refractivity contribution in [1.29, 1.82) is 0 Å². The van der Waals surface area contributed by atoms with Crippen LogP contribution in [0.5, 0.6) is 0 Å². The highest BCUT2D eigenvalue weighted by molar-refractivity contribution is 6.04. The summed E-state index contributed by atoms with van der Waals surface area (Å²) in [7, 11) is 0. The summed E-state index contributed by atoms with van der Waals surface area (Å²) in [6, 6.07) is 10.8. The third-order valence-corrected chi connectivity index (χ3v) is 4.67. The second kappa shape index (κ2) is 7.05. The number of H-pyrrole nitrogens is 1. The predicted octanol–water partition coefficient (Wildman–Crippen LogP) is 1.31. The molecule has 1 saturated heterocycles. The van der Waals surface area contributed by atoms with E-state index < -0.39 is 0 Å². The summed E-state index contributed by atoms with van der Waals surface area (Å²) in [6.45, 7) is 1.05. The minimum atomic E-state index is -0.312. The van der Waals surface area contributed by atoms with Crippen molar-refractivity contribution in [1.82, 2.24) is 20.5 Å². The maximum absolute atomic E-state index is 12.8. The lowest BCUT2D eigenvalue weighted by Crippen LogP contribution is -2.41. The van der Waals surface area contributed by atoms with Crippen molar-refractivity contribution in [3.05, 3.63) is 70.4 Å². The number of hydrogen-bond donors (Lipinski definition) is 2. The third kappa shape index (κ3) is 3.21. The number of rotatable bonds is 4. The van der Waals surface area contributed by atoms with E-state index in [1.807, 2.05) is 12.1 Å². The first-order valence-corrected chi connectivity index (χ1v) is 8.47. The number of nitrogens with one attached hydrogen (secondary N) is 2. The minimum absolute atomic E-state index is 0.108. The summed E-state index contributed by atoms with van der Waals surface area (Å²) in [4.78, 5) is 28.7. The van der Waals surface area contributed by atoms with E-state index in [2.05, 4.69) is 20.5 Å². The molecule has 0 saturated carbocycles. The molecule has 1 amide bonds. The first-order valence-electron chi connectivity index (χ1n) is 8.47. The summed E-state index contributed by atoms with van der Waals surface area (Å²) < 4.78 is 5.58. The zero-order valence-electron chi connectivity index (χ0n) is 14.0. The lowest BCUT2D eigenvalue weighted by Gasteiger charge is -2.19. The van der Waals surface area contributed by atoms with Gasteiger partial charge in [0.05, 0.1) is 24.6 Å². The molecule has 132 valence electrons. The molecule has 0 unspecified atom stereocenters. The van der Waals surface area contributed by atoms with E-state index >= 15 is 0 Å². The molecular formula is C19H18N4O3. The van der Waals surface area contributed by atoms with Crippen molar-refractivity contribution < 1.29 is 9.53 Å². The maximum atomic E-state index is 12.8. The topological polar surface area (TPSA) is 97.0 Å². The molecule has 3 aromatic rings. The number of carbonyl (C=O) groups excluding carboxylic acids is 1. The molecule has 0 radical (unpaired) electrons. The minimum Gasteiger partial charge on any atom is -0.379 e. The van der Waals surface area contributed by atoms with Gasteiger partial charge in [0.25, 0.3) is 11.5 Å². The normalized spacial score (nSPS) is 19.5. The lowest BCUT2D eigenvalue weighted by atomic mass is 9.95. The first-order chi connectivity index (χ1) is 12.7.